The molecular formula is C11H18N4O3. The van der Waals surface area contributed by atoms with Crippen LogP contribution >= 0.6 is 0 Å². The first-order valence-corrected chi connectivity index (χ1v) is 5.58. The fourth-order valence-corrected chi connectivity index (χ4v) is 1.48. The lowest BCUT2D eigenvalue weighted by atomic mass is 10.3. The molecule has 0 radical (unpaired) electrons. The third-order valence-corrected chi connectivity index (χ3v) is 2.25. The number of aryl methyl sites for hydroxylation is 2. The number of carbonyl (C=O) groups excluding carboxylic acids is 2. The van der Waals surface area contributed by atoms with Gasteiger partial charge in [-0.25, -0.2) is 4.79 Å². The second-order valence-corrected chi connectivity index (χ2v) is 4.27. The summed E-state index contributed by atoms with van der Waals surface area (Å²) in [7, 11) is 1.59. The molecule has 0 unspecified atom stereocenters. The lowest BCUT2D eigenvalue weighted by Crippen LogP contribution is -2.34. The van der Waals surface area contributed by atoms with E-state index in [2.05, 4.69) is 10.4 Å². The van der Waals surface area contributed by atoms with E-state index in [1.807, 2.05) is 13.8 Å². The monoisotopic (exact) mass is 254 g/mol. The van der Waals surface area contributed by atoms with Crippen LogP contribution < -0.4 is 11.1 Å². The van der Waals surface area contributed by atoms with Crippen molar-refractivity contribution in [3.8, 4) is 0 Å². The Labute approximate surface area is 105 Å². The molecule has 7 heteroatoms. The molecule has 0 saturated carbocycles. The summed E-state index contributed by atoms with van der Waals surface area (Å²) in [6, 6.07) is 0.000203. The number of hydrogen-bond acceptors (Lipinski definition) is 5. The van der Waals surface area contributed by atoms with E-state index >= 15 is 0 Å². The van der Waals surface area contributed by atoms with Crippen molar-refractivity contribution in [3.63, 3.8) is 0 Å². The Hall–Kier alpha value is -2.05. The Kier molecular flexibility index (Phi) is 4.30. The molecule has 1 aromatic rings. The molecule has 18 heavy (non-hydrogen) atoms. The second kappa shape index (κ2) is 5.52. The molecule has 0 aliphatic rings. The highest BCUT2D eigenvalue weighted by molar-refractivity contribution is 5.95. The maximum atomic E-state index is 11.7. The number of aromatic nitrogens is 2. The van der Waals surface area contributed by atoms with Gasteiger partial charge in [-0.15, -0.1) is 0 Å². The van der Waals surface area contributed by atoms with Gasteiger partial charge in [-0.1, -0.05) is 0 Å². The van der Waals surface area contributed by atoms with Crippen LogP contribution in [0.1, 0.15) is 30.0 Å². The van der Waals surface area contributed by atoms with Gasteiger partial charge in [0, 0.05) is 13.1 Å². The highest BCUT2D eigenvalue weighted by Gasteiger charge is 2.20. The van der Waals surface area contributed by atoms with Crippen LogP contribution in [-0.4, -0.2) is 34.3 Å². The first kappa shape index (κ1) is 14.0. The number of rotatable bonds is 4. The van der Waals surface area contributed by atoms with Crippen LogP contribution in [0, 0.1) is 6.92 Å². The standard InChI is InChI=1S/C11H18N4O3/c1-6(2)13-8(16)5-18-11(17)10-9(12)7(3)14-15(10)4/h6H,5,12H2,1-4H3,(H,13,16). The zero-order valence-electron chi connectivity index (χ0n) is 11.0. The lowest BCUT2D eigenvalue weighted by Gasteiger charge is -2.09. The number of nitrogens with one attached hydrogen (secondary N) is 1. The molecule has 0 saturated heterocycles. The summed E-state index contributed by atoms with van der Waals surface area (Å²) in [6.45, 7) is 5.00. The van der Waals surface area contributed by atoms with Crippen LogP contribution in [0.3, 0.4) is 0 Å². The smallest absolute Gasteiger partial charge is 0.359 e. The minimum atomic E-state index is -0.658. The van der Waals surface area contributed by atoms with E-state index in [4.69, 9.17) is 10.5 Å². The van der Waals surface area contributed by atoms with Gasteiger partial charge in [0.2, 0.25) is 0 Å². The molecule has 0 fully saturated rings. The van der Waals surface area contributed by atoms with Crippen molar-refractivity contribution < 1.29 is 14.3 Å². The topological polar surface area (TPSA) is 99.2 Å². The molecule has 0 atom stereocenters. The molecule has 0 aliphatic carbocycles. The number of esters is 1. The van der Waals surface area contributed by atoms with Crippen LogP contribution in [0.5, 0.6) is 0 Å². The molecule has 100 valence electrons. The fraction of sp³-hybridized carbons (Fsp3) is 0.545. The van der Waals surface area contributed by atoms with Crippen molar-refractivity contribution in [2.24, 2.45) is 7.05 Å². The number of carbonyl (C=O) groups is 2. The molecule has 3 N–H and O–H groups in total. The quantitative estimate of drug-likeness (QED) is 0.736. The molecule has 1 heterocycles. The number of nitrogens with zero attached hydrogens (tertiary/aromatic N) is 2. The van der Waals surface area contributed by atoms with Gasteiger partial charge in [0.15, 0.2) is 12.3 Å². The number of nitrogens with two attached hydrogens (primary N) is 1. The predicted octanol–water partition coefficient (Wildman–Crippen LogP) is -0.00788. The van der Waals surface area contributed by atoms with Crippen molar-refractivity contribution >= 4 is 17.6 Å². The van der Waals surface area contributed by atoms with E-state index in [1.165, 1.54) is 4.68 Å². The molecule has 0 aliphatic heterocycles. The van der Waals surface area contributed by atoms with Crippen LogP contribution in [0.2, 0.25) is 0 Å². The Bertz CT molecular complexity index is 465. The maximum Gasteiger partial charge on any atom is 0.359 e. The summed E-state index contributed by atoms with van der Waals surface area (Å²) in [5.41, 5.74) is 6.69. The van der Waals surface area contributed by atoms with Crippen molar-refractivity contribution in [2.45, 2.75) is 26.8 Å². The first-order valence-electron chi connectivity index (χ1n) is 5.58. The normalized spacial score (nSPS) is 10.5. The molecule has 1 rings (SSSR count). The van der Waals surface area contributed by atoms with Crippen molar-refractivity contribution in [2.75, 3.05) is 12.3 Å². The SMILES string of the molecule is Cc1nn(C)c(C(=O)OCC(=O)NC(C)C)c1N. The zero-order valence-corrected chi connectivity index (χ0v) is 11.0. The molecule has 0 spiro atoms. The van der Waals surface area contributed by atoms with Crippen molar-refractivity contribution in [3.05, 3.63) is 11.4 Å². The Morgan fingerprint density at radius 3 is 2.56 bits per heavy atom. The van der Waals surface area contributed by atoms with E-state index in [9.17, 15) is 9.59 Å². The van der Waals surface area contributed by atoms with Crippen LogP contribution in [-0.2, 0) is 16.6 Å². The average molecular weight is 254 g/mol. The Balaban J connectivity index is 2.64. The van der Waals surface area contributed by atoms with Gasteiger partial charge in [0.1, 0.15) is 0 Å². The van der Waals surface area contributed by atoms with Gasteiger partial charge in [-0.05, 0) is 20.8 Å². The molecule has 0 bridgehead atoms. The van der Waals surface area contributed by atoms with Gasteiger partial charge >= 0.3 is 5.97 Å². The largest absolute Gasteiger partial charge is 0.451 e. The van der Waals surface area contributed by atoms with E-state index < -0.39 is 5.97 Å². The number of amides is 1. The summed E-state index contributed by atoms with van der Waals surface area (Å²) in [4.78, 5) is 23.1. The number of ether oxygens (including phenoxy) is 1. The van der Waals surface area contributed by atoms with Crippen molar-refractivity contribution in [1.82, 2.24) is 15.1 Å². The van der Waals surface area contributed by atoms with Gasteiger partial charge < -0.3 is 15.8 Å². The summed E-state index contributed by atoms with van der Waals surface area (Å²) < 4.78 is 6.21. The van der Waals surface area contributed by atoms with Crippen LogP contribution in [0.4, 0.5) is 5.69 Å². The minimum Gasteiger partial charge on any atom is -0.451 e. The van der Waals surface area contributed by atoms with Crippen LogP contribution in [0.25, 0.3) is 0 Å². The molecule has 0 aromatic carbocycles. The minimum absolute atomic E-state index is 0.000203. The third-order valence-electron chi connectivity index (χ3n) is 2.25. The fourth-order valence-electron chi connectivity index (χ4n) is 1.48. The highest BCUT2D eigenvalue weighted by Crippen LogP contribution is 2.15. The number of hydrogen-bond donors (Lipinski definition) is 2. The van der Waals surface area contributed by atoms with E-state index in [-0.39, 0.29) is 29.9 Å². The third kappa shape index (κ3) is 3.22. The second-order valence-electron chi connectivity index (χ2n) is 4.27. The number of anilines is 1. The van der Waals surface area contributed by atoms with Crippen LogP contribution in [0.15, 0.2) is 0 Å². The Morgan fingerprint density at radius 2 is 2.11 bits per heavy atom. The molecule has 7 nitrogen and oxygen atoms in total. The van der Waals surface area contributed by atoms with Gasteiger partial charge in [0.25, 0.3) is 5.91 Å². The summed E-state index contributed by atoms with van der Waals surface area (Å²) in [5.74, 6) is -1.01. The van der Waals surface area contributed by atoms with E-state index in [0.717, 1.165) is 0 Å². The molecule has 1 amide bonds. The summed E-state index contributed by atoms with van der Waals surface area (Å²) in [6.07, 6.45) is 0. The van der Waals surface area contributed by atoms with Gasteiger partial charge in [0.05, 0.1) is 11.4 Å². The predicted molar refractivity (Wildman–Crippen MR) is 65.9 cm³/mol. The molecular weight excluding hydrogens is 236 g/mol. The molecule has 1 aromatic heterocycles. The Morgan fingerprint density at radius 1 is 1.50 bits per heavy atom. The van der Waals surface area contributed by atoms with Gasteiger partial charge in [-0.3, -0.25) is 9.48 Å². The van der Waals surface area contributed by atoms with E-state index in [1.54, 1.807) is 14.0 Å². The summed E-state index contributed by atoms with van der Waals surface area (Å²) >= 11 is 0. The van der Waals surface area contributed by atoms with Crippen molar-refractivity contribution in [1.29, 1.82) is 0 Å². The maximum absolute atomic E-state index is 11.7. The van der Waals surface area contributed by atoms with Gasteiger partial charge in [-0.2, -0.15) is 5.10 Å². The average Bonchev–Trinajstić information content (AvgIpc) is 2.49. The highest BCUT2D eigenvalue weighted by atomic mass is 16.5. The summed E-state index contributed by atoms with van der Waals surface area (Å²) in [5, 5.41) is 6.61. The zero-order chi connectivity index (χ0) is 13.9. The lowest BCUT2D eigenvalue weighted by molar-refractivity contribution is -0.124. The first-order chi connectivity index (χ1) is 8.32. The number of nitrogen functional groups attached to an aromatic ring is 1. The van der Waals surface area contributed by atoms with E-state index in [0.29, 0.717) is 5.69 Å².